The van der Waals surface area contributed by atoms with E-state index in [9.17, 15) is 0 Å². The average Bonchev–Trinajstić information content (AvgIpc) is 2.40. The van der Waals surface area contributed by atoms with Gasteiger partial charge in [-0.05, 0) is 25.5 Å². The average molecular weight is 252 g/mol. The van der Waals surface area contributed by atoms with Gasteiger partial charge in [-0.2, -0.15) is 0 Å². The van der Waals surface area contributed by atoms with Crippen LogP contribution < -0.4 is 14.8 Å². The Morgan fingerprint density at radius 3 is 2.28 bits per heavy atom. The van der Waals surface area contributed by atoms with E-state index < -0.39 is 0 Å². The highest BCUT2D eigenvalue weighted by molar-refractivity contribution is 5.39. The van der Waals surface area contributed by atoms with E-state index in [0.717, 1.165) is 31.1 Å². The Labute approximate surface area is 110 Å². The summed E-state index contributed by atoms with van der Waals surface area (Å²) in [5.74, 6) is 1.70. The molecule has 0 bridgehead atoms. The van der Waals surface area contributed by atoms with E-state index in [4.69, 9.17) is 9.47 Å². The van der Waals surface area contributed by atoms with Gasteiger partial charge in [0, 0.05) is 6.42 Å². The van der Waals surface area contributed by atoms with Crippen LogP contribution in [-0.2, 0) is 0 Å². The number of hydrogen-bond acceptors (Lipinski definition) is 2. The molecule has 3 heteroatoms. The molecule has 0 atom stereocenters. The summed E-state index contributed by atoms with van der Waals surface area (Å²) in [5.41, 5.74) is 0. The van der Waals surface area contributed by atoms with Crippen LogP contribution in [0.1, 0.15) is 33.1 Å². The molecule has 1 rings (SSSR count). The van der Waals surface area contributed by atoms with Crippen LogP contribution in [0, 0.1) is 0 Å². The van der Waals surface area contributed by atoms with Crippen LogP contribution >= 0.6 is 0 Å². The summed E-state index contributed by atoms with van der Waals surface area (Å²) >= 11 is 0. The van der Waals surface area contributed by atoms with Crippen LogP contribution in [0.25, 0.3) is 0 Å². The monoisotopic (exact) mass is 252 g/mol. The Morgan fingerprint density at radius 2 is 1.61 bits per heavy atom. The highest BCUT2D eigenvalue weighted by atomic mass is 16.5. The summed E-state index contributed by atoms with van der Waals surface area (Å²) in [5, 5.41) is 2.36. The standard InChI is InChI=1S/C15H25NO2/c1-3-5-11-16-12-8-13-18-15-10-7-6-9-14(15)17-4-2/h6-7,9-10,16H,3-5,8,11-13H2,1-2H3/p+1. The van der Waals surface area contributed by atoms with E-state index in [0.29, 0.717) is 6.61 Å². The van der Waals surface area contributed by atoms with Crippen molar-refractivity contribution in [2.75, 3.05) is 26.3 Å². The summed E-state index contributed by atoms with van der Waals surface area (Å²) in [7, 11) is 0. The summed E-state index contributed by atoms with van der Waals surface area (Å²) < 4.78 is 11.3. The number of hydrogen-bond donors (Lipinski definition) is 1. The van der Waals surface area contributed by atoms with Crippen molar-refractivity contribution in [1.82, 2.24) is 0 Å². The van der Waals surface area contributed by atoms with Gasteiger partial charge in [-0.25, -0.2) is 0 Å². The van der Waals surface area contributed by atoms with Gasteiger partial charge in [0.2, 0.25) is 0 Å². The molecule has 0 amide bonds. The molecule has 0 spiro atoms. The Kier molecular flexibility index (Phi) is 8.06. The molecule has 0 radical (unpaired) electrons. The van der Waals surface area contributed by atoms with Crippen LogP contribution in [0.3, 0.4) is 0 Å². The molecule has 0 unspecified atom stereocenters. The van der Waals surface area contributed by atoms with Crippen molar-refractivity contribution >= 4 is 0 Å². The van der Waals surface area contributed by atoms with E-state index >= 15 is 0 Å². The number of unbranched alkanes of at least 4 members (excludes halogenated alkanes) is 1. The first-order valence-corrected chi connectivity index (χ1v) is 7.04. The summed E-state index contributed by atoms with van der Waals surface area (Å²) in [6, 6.07) is 7.86. The number of rotatable bonds is 10. The fraction of sp³-hybridized carbons (Fsp3) is 0.600. The van der Waals surface area contributed by atoms with Crippen LogP contribution in [0.15, 0.2) is 24.3 Å². The molecule has 0 fully saturated rings. The number of quaternary nitrogens is 1. The highest BCUT2D eigenvalue weighted by Crippen LogP contribution is 2.26. The van der Waals surface area contributed by atoms with Gasteiger partial charge in [0.25, 0.3) is 0 Å². The molecule has 1 aromatic rings. The summed E-state index contributed by atoms with van der Waals surface area (Å²) in [6.07, 6.45) is 3.65. The Hall–Kier alpha value is -1.22. The van der Waals surface area contributed by atoms with Gasteiger partial charge in [-0.3, -0.25) is 0 Å². The van der Waals surface area contributed by atoms with Crippen LogP contribution in [0.5, 0.6) is 11.5 Å². The summed E-state index contributed by atoms with van der Waals surface area (Å²) in [6.45, 7) is 8.00. The number of ether oxygens (including phenoxy) is 2. The lowest BCUT2D eigenvalue weighted by Gasteiger charge is -2.11. The Morgan fingerprint density at radius 1 is 0.944 bits per heavy atom. The Bertz CT molecular complexity index is 315. The predicted octanol–water partition coefficient (Wildman–Crippen LogP) is 2.22. The molecule has 0 saturated heterocycles. The van der Waals surface area contributed by atoms with Gasteiger partial charge in [-0.1, -0.05) is 25.5 Å². The minimum atomic E-state index is 0.672. The topological polar surface area (TPSA) is 35.1 Å². The second-order valence-electron chi connectivity index (χ2n) is 4.30. The summed E-state index contributed by atoms with van der Waals surface area (Å²) in [4.78, 5) is 0. The third kappa shape index (κ3) is 5.92. The first-order valence-electron chi connectivity index (χ1n) is 7.04. The SMILES string of the molecule is CCCC[NH2+]CCCOc1ccccc1OCC. The molecule has 1 aromatic carbocycles. The molecule has 0 aliphatic carbocycles. The van der Waals surface area contributed by atoms with Gasteiger partial charge in [0.05, 0.1) is 26.3 Å². The van der Waals surface area contributed by atoms with E-state index in [1.165, 1.54) is 19.4 Å². The second kappa shape index (κ2) is 9.77. The molecule has 102 valence electrons. The predicted molar refractivity (Wildman–Crippen MR) is 74.3 cm³/mol. The van der Waals surface area contributed by atoms with Gasteiger partial charge in [0.15, 0.2) is 11.5 Å². The second-order valence-corrected chi connectivity index (χ2v) is 4.30. The van der Waals surface area contributed by atoms with Crippen LogP contribution in [0.4, 0.5) is 0 Å². The maximum absolute atomic E-state index is 5.75. The van der Waals surface area contributed by atoms with Crippen LogP contribution in [-0.4, -0.2) is 26.3 Å². The maximum atomic E-state index is 5.75. The minimum absolute atomic E-state index is 0.672. The minimum Gasteiger partial charge on any atom is -0.490 e. The van der Waals surface area contributed by atoms with Crippen molar-refractivity contribution in [3.05, 3.63) is 24.3 Å². The normalized spacial score (nSPS) is 10.3. The molecule has 0 aromatic heterocycles. The molecule has 0 heterocycles. The van der Waals surface area contributed by atoms with Gasteiger partial charge < -0.3 is 14.8 Å². The molecular formula is C15H26NO2+. The third-order valence-corrected chi connectivity index (χ3v) is 2.72. The molecule has 0 aliphatic rings. The lowest BCUT2D eigenvalue weighted by molar-refractivity contribution is -0.655. The lowest BCUT2D eigenvalue weighted by Crippen LogP contribution is -2.84. The van der Waals surface area contributed by atoms with Crippen molar-refractivity contribution in [3.8, 4) is 11.5 Å². The third-order valence-electron chi connectivity index (χ3n) is 2.72. The zero-order chi connectivity index (χ0) is 13.1. The quantitative estimate of drug-likeness (QED) is 0.648. The first kappa shape index (κ1) is 14.8. The molecule has 2 N–H and O–H groups in total. The van der Waals surface area contributed by atoms with Gasteiger partial charge in [0.1, 0.15) is 0 Å². The number of para-hydroxylation sites is 2. The lowest BCUT2D eigenvalue weighted by atomic mass is 10.3. The van der Waals surface area contributed by atoms with E-state index in [-0.39, 0.29) is 0 Å². The zero-order valence-electron chi connectivity index (χ0n) is 11.7. The first-order chi connectivity index (χ1) is 8.88. The molecule has 0 aliphatic heterocycles. The molecule has 0 saturated carbocycles. The fourth-order valence-corrected chi connectivity index (χ4v) is 1.75. The van der Waals surface area contributed by atoms with E-state index in [2.05, 4.69) is 12.2 Å². The highest BCUT2D eigenvalue weighted by Gasteiger charge is 2.02. The van der Waals surface area contributed by atoms with Crippen LogP contribution in [0.2, 0.25) is 0 Å². The van der Waals surface area contributed by atoms with Gasteiger partial charge >= 0.3 is 0 Å². The number of nitrogens with two attached hydrogens (primary N) is 1. The van der Waals surface area contributed by atoms with Gasteiger partial charge in [-0.15, -0.1) is 0 Å². The fourth-order valence-electron chi connectivity index (χ4n) is 1.75. The maximum Gasteiger partial charge on any atom is 0.161 e. The largest absolute Gasteiger partial charge is 0.490 e. The zero-order valence-corrected chi connectivity index (χ0v) is 11.7. The van der Waals surface area contributed by atoms with Crippen molar-refractivity contribution in [3.63, 3.8) is 0 Å². The van der Waals surface area contributed by atoms with E-state index in [1.54, 1.807) is 0 Å². The smallest absolute Gasteiger partial charge is 0.161 e. The van der Waals surface area contributed by atoms with Crippen molar-refractivity contribution in [1.29, 1.82) is 0 Å². The van der Waals surface area contributed by atoms with E-state index in [1.807, 2.05) is 31.2 Å². The van der Waals surface area contributed by atoms with Crippen molar-refractivity contribution < 1.29 is 14.8 Å². The van der Waals surface area contributed by atoms with Crippen molar-refractivity contribution in [2.24, 2.45) is 0 Å². The Balaban J connectivity index is 2.18. The van der Waals surface area contributed by atoms with Crippen molar-refractivity contribution in [2.45, 2.75) is 33.1 Å². The molecule has 18 heavy (non-hydrogen) atoms. The molecule has 3 nitrogen and oxygen atoms in total. The number of benzene rings is 1. The molecular weight excluding hydrogens is 226 g/mol.